The van der Waals surface area contributed by atoms with Gasteiger partial charge in [0.05, 0.1) is 11.4 Å². The Labute approximate surface area is 126 Å². The molecule has 1 fully saturated rings. The highest BCUT2D eigenvalue weighted by Crippen LogP contribution is 2.22. The van der Waals surface area contributed by atoms with E-state index in [0.717, 1.165) is 18.4 Å². The van der Waals surface area contributed by atoms with E-state index in [1.807, 2.05) is 13.0 Å². The monoisotopic (exact) mass is 310 g/mol. The third kappa shape index (κ3) is 3.83. The highest BCUT2D eigenvalue weighted by atomic mass is 32.2. The quantitative estimate of drug-likeness (QED) is 0.868. The zero-order valence-corrected chi connectivity index (χ0v) is 13.5. The molecule has 21 heavy (non-hydrogen) atoms. The molecule has 0 saturated heterocycles. The Hall–Kier alpha value is -1.40. The maximum atomic E-state index is 12.7. The van der Waals surface area contributed by atoms with Crippen molar-refractivity contribution in [3.63, 3.8) is 0 Å². The van der Waals surface area contributed by atoms with Gasteiger partial charge < -0.3 is 5.32 Å². The molecule has 1 aromatic rings. The zero-order valence-electron chi connectivity index (χ0n) is 12.7. The van der Waals surface area contributed by atoms with Crippen molar-refractivity contribution in [2.24, 2.45) is 0 Å². The smallest absolute Gasteiger partial charge is 0.243 e. The summed E-state index contributed by atoms with van der Waals surface area (Å²) in [4.78, 5) is 12.2. The fraction of sp³-hybridized carbons (Fsp3) is 0.533. The topological polar surface area (TPSA) is 66.5 Å². The summed E-state index contributed by atoms with van der Waals surface area (Å²) in [5.74, 6) is -0.228. The predicted octanol–water partition coefficient (Wildman–Crippen LogP) is 1.59. The van der Waals surface area contributed by atoms with Crippen LogP contribution in [0.1, 0.15) is 30.9 Å². The molecule has 1 aliphatic carbocycles. The van der Waals surface area contributed by atoms with Gasteiger partial charge >= 0.3 is 0 Å². The van der Waals surface area contributed by atoms with Crippen molar-refractivity contribution >= 4 is 15.9 Å². The molecule has 0 bridgehead atoms. The molecule has 1 aliphatic rings. The number of aryl methyl sites for hydroxylation is 2. The minimum absolute atomic E-state index is 0.122. The van der Waals surface area contributed by atoms with E-state index in [2.05, 4.69) is 5.32 Å². The van der Waals surface area contributed by atoms with Crippen LogP contribution >= 0.6 is 0 Å². The number of carbonyl (C=O) groups is 1. The summed E-state index contributed by atoms with van der Waals surface area (Å²) in [6.07, 6.45) is 1.98. The number of benzene rings is 1. The van der Waals surface area contributed by atoms with Crippen molar-refractivity contribution in [2.45, 2.75) is 44.6 Å². The summed E-state index contributed by atoms with van der Waals surface area (Å²) < 4.78 is 26.7. The fourth-order valence-electron chi connectivity index (χ4n) is 2.15. The summed E-state index contributed by atoms with van der Waals surface area (Å²) in [5.41, 5.74) is 1.58. The van der Waals surface area contributed by atoms with Gasteiger partial charge in [-0.05, 0) is 43.9 Å². The van der Waals surface area contributed by atoms with Gasteiger partial charge in [0.25, 0.3) is 0 Å². The van der Waals surface area contributed by atoms with Crippen LogP contribution < -0.4 is 5.32 Å². The minimum Gasteiger partial charge on any atom is -0.352 e. The van der Waals surface area contributed by atoms with Gasteiger partial charge in [-0.2, -0.15) is 4.31 Å². The Kier molecular flexibility index (Phi) is 4.68. The Morgan fingerprint density at radius 3 is 2.57 bits per heavy atom. The number of sulfonamides is 1. The maximum absolute atomic E-state index is 12.7. The van der Waals surface area contributed by atoms with E-state index in [1.54, 1.807) is 26.0 Å². The SMILES string of the molecule is CCN(CC(=O)NC1CC1)S(=O)(=O)c1cc(C)ccc1C. The molecular formula is C15H22N2O3S. The molecule has 0 atom stereocenters. The molecule has 0 unspecified atom stereocenters. The molecule has 1 amide bonds. The van der Waals surface area contributed by atoms with E-state index in [4.69, 9.17) is 0 Å². The van der Waals surface area contributed by atoms with E-state index in [9.17, 15) is 13.2 Å². The van der Waals surface area contributed by atoms with Crippen molar-refractivity contribution in [1.29, 1.82) is 0 Å². The van der Waals surface area contributed by atoms with Crippen LogP contribution in [0, 0.1) is 13.8 Å². The summed E-state index contributed by atoms with van der Waals surface area (Å²) in [6.45, 7) is 5.52. The van der Waals surface area contributed by atoms with Crippen molar-refractivity contribution in [2.75, 3.05) is 13.1 Å². The van der Waals surface area contributed by atoms with Crippen molar-refractivity contribution in [3.8, 4) is 0 Å². The third-order valence-electron chi connectivity index (χ3n) is 3.58. The van der Waals surface area contributed by atoms with Gasteiger partial charge in [0.1, 0.15) is 0 Å². The third-order valence-corrected chi connectivity index (χ3v) is 5.64. The second-order valence-corrected chi connectivity index (χ2v) is 7.45. The molecule has 0 aliphatic heterocycles. The predicted molar refractivity (Wildman–Crippen MR) is 81.5 cm³/mol. The molecule has 1 saturated carbocycles. The highest BCUT2D eigenvalue weighted by molar-refractivity contribution is 7.89. The summed E-state index contributed by atoms with van der Waals surface area (Å²) >= 11 is 0. The lowest BCUT2D eigenvalue weighted by atomic mass is 10.2. The molecule has 6 heteroatoms. The normalized spacial score (nSPS) is 15.2. The second kappa shape index (κ2) is 6.15. The Morgan fingerprint density at radius 1 is 1.33 bits per heavy atom. The molecule has 1 aromatic carbocycles. The van der Waals surface area contributed by atoms with Crippen molar-refractivity contribution in [1.82, 2.24) is 9.62 Å². The number of rotatable bonds is 6. The molecule has 5 nitrogen and oxygen atoms in total. The molecule has 2 rings (SSSR count). The fourth-order valence-corrected chi connectivity index (χ4v) is 3.87. The van der Waals surface area contributed by atoms with Crippen LogP contribution in [0.15, 0.2) is 23.1 Å². The Morgan fingerprint density at radius 2 is 2.00 bits per heavy atom. The summed E-state index contributed by atoms with van der Waals surface area (Å²) in [7, 11) is -3.64. The summed E-state index contributed by atoms with van der Waals surface area (Å²) in [5, 5.41) is 2.82. The van der Waals surface area contributed by atoms with Crippen LogP contribution in [0.3, 0.4) is 0 Å². The first kappa shape index (κ1) is 16.0. The average molecular weight is 310 g/mol. The van der Waals surface area contributed by atoms with Gasteiger partial charge in [0.2, 0.25) is 15.9 Å². The van der Waals surface area contributed by atoms with Crippen LogP contribution in [0.2, 0.25) is 0 Å². The second-order valence-electron chi connectivity index (χ2n) is 5.54. The standard InChI is InChI=1S/C15H22N2O3S/c1-4-17(10-15(18)16-13-7-8-13)21(19,20)14-9-11(2)5-6-12(14)3/h5-6,9,13H,4,7-8,10H2,1-3H3,(H,16,18). The first-order valence-corrected chi connectivity index (χ1v) is 8.65. The number of hydrogen-bond donors (Lipinski definition) is 1. The number of likely N-dealkylation sites (N-methyl/N-ethyl adjacent to an activating group) is 1. The van der Waals surface area contributed by atoms with E-state index in [-0.39, 0.29) is 29.9 Å². The van der Waals surface area contributed by atoms with Gasteiger partial charge in [-0.25, -0.2) is 8.42 Å². The van der Waals surface area contributed by atoms with E-state index >= 15 is 0 Å². The van der Waals surface area contributed by atoms with Gasteiger partial charge in [-0.3, -0.25) is 4.79 Å². The lowest BCUT2D eigenvalue weighted by Crippen LogP contribution is -2.41. The van der Waals surface area contributed by atoms with Crippen LogP contribution in [0.4, 0.5) is 0 Å². The van der Waals surface area contributed by atoms with Crippen molar-refractivity contribution in [3.05, 3.63) is 29.3 Å². The maximum Gasteiger partial charge on any atom is 0.243 e. The summed E-state index contributed by atoms with van der Waals surface area (Å²) in [6, 6.07) is 5.57. The highest BCUT2D eigenvalue weighted by Gasteiger charge is 2.29. The molecule has 0 radical (unpaired) electrons. The first-order valence-electron chi connectivity index (χ1n) is 7.21. The molecule has 0 aromatic heterocycles. The average Bonchev–Trinajstić information content (AvgIpc) is 3.22. The first-order chi connectivity index (χ1) is 9.84. The molecule has 1 N–H and O–H groups in total. The number of carbonyl (C=O) groups excluding carboxylic acids is 1. The van der Waals surface area contributed by atoms with Crippen LogP contribution in [-0.2, 0) is 14.8 Å². The van der Waals surface area contributed by atoms with Crippen molar-refractivity contribution < 1.29 is 13.2 Å². The number of amides is 1. The van der Waals surface area contributed by atoms with E-state index in [0.29, 0.717) is 5.56 Å². The van der Waals surface area contributed by atoms with Gasteiger partial charge in [-0.1, -0.05) is 19.1 Å². The largest absolute Gasteiger partial charge is 0.352 e. The molecule has 116 valence electrons. The number of nitrogens with zero attached hydrogens (tertiary/aromatic N) is 1. The lowest BCUT2D eigenvalue weighted by Gasteiger charge is -2.21. The Bertz CT molecular complexity index is 636. The zero-order chi connectivity index (χ0) is 15.6. The number of hydrogen-bond acceptors (Lipinski definition) is 3. The Balaban J connectivity index is 2.21. The van der Waals surface area contributed by atoms with Crippen LogP contribution in [-0.4, -0.2) is 37.8 Å². The van der Waals surface area contributed by atoms with Gasteiger partial charge in [0, 0.05) is 12.6 Å². The van der Waals surface area contributed by atoms with Crippen LogP contribution in [0.5, 0.6) is 0 Å². The van der Waals surface area contributed by atoms with Crippen LogP contribution in [0.25, 0.3) is 0 Å². The van der Waals surface area contributed by atoms with E-state index in [1.165, 1.54) is 4.31 Å². The van der Waals surface area contributed by atoms with Gasteiger partial charge in [-0.15, -0.1) is 0 Å². The minimum atomic E-state index is -3.64. The lowest BCUT2D eigenvalue weighted by molar-refractivity contribution is -0.121. The van der Waals surface area contributed by atoms with E-state index < -0.39 is 10.0 Å². The molecular weight excluding hydrogens is 288 g/mol. The van der Waals surface area contributed by atoms with Gasteiger partial charge in [0.15, 0.2) is 0 Å². The molecule has 0 heterocycles. The number of nitrogens with one attached hydrogen (secondary N) is 1. The molecule has 0 spiro atoms.